The summed E-state index contributed by atoms with van der Waals surface area (Å²) < 4.78 is 0. The average Bonchev–Trinajstić information content (AvgIpc) is 2.40. The number of nitrogens with zero attached hydrogens (tertiary/aromatic N) is 2. The van der Waals surface area contributed by atoms with E-state index in [1.807, 2.05) is 13.1 Å². The van der Waals surface area contributed by atoms with Gasteiger partial charge >= 0.3 is 0 Å². The zero-order chi connectivity index (χ0) is 12.1. The van der Waals surface area contributed by atoms with Crippen LogP contribution in [0.25, 0.3) is 0 Å². The molecule has 2 N–H and O–H groups in total. The van der Waals surface area contributed by atoms with Crippen molar-refractivity contribution in [2.24, 2.45) is 5.92 Å². The van der Waals surface area contributed by atoms with Gasteiger partial charge in [-0.25, -0.2) is 4.98 Å². The lowest BCUT2D eigenvalue weighted by molar-refractivity contribution is 0.328. The number of rotatable bonds is 4. The molecule has 0 spiro atoms. The van der Waals surface area contributed by atoms with E-state index in [-0.39, 0.29) is 0 Å². The Morgan fingerprint density at radius 2 is 2.06 bits per heavy atom. The number of aromatic nitrogens is 2. The molecule has 1 unspecified atom stereocenters. The summed E-state index contributed by atoms with van der Waals surface area (Å²) in [5.74, 6) is 2.38. The van der Waals surface area contributed by atoms with Crippen LogP contribution in [0.2, 0.25) is 0 Å². The van der Waals surface area contributed by atoms with Crippen molar-refractivity contribution >= 4 is 11.8 Å². The molecule has 1 fully saturated rings. The van der Waals surface area contributed by atoms with Gasteiger partial charge in [0.2, 0.25) is 5.95 Å². The van der Waals surface area contributed by atoms with Crippen LogP contribution in [0.1, 0.15) is 39.0 Å². The first kappa shape index (κ1) is 12.1. The fraction of sp³-hybridized carbons (Fsp3) is 0.692. The maximum Gasteiger partial charge on any atom is 0.224 e. The lowest BCUT2D eigenvalue weighted by Gasteiger charge is -2.28. The van der Waals surface area contributed by atoms with Crippen LogP contribution in [0.4, 0.5) is 11.8 Å². The Morgan fingerprint density at radius 3 is 2.76 bits per heavy atom. The van der Waals surface area contributed by atoms with Crippen molar-refractivity contribution in [3.05, 3.63) is 12.3 Å². The fourth-order valence-corrected chi connectivity index (χ4v) is 2.54. The summed E-state index contributed by atoms with van der Waals surface area (Å²) in [5.41, 5.74) is 0. The highest BCUT2D eigenvalue weighted by Crippen LogP contribution is 2.27. The van der Waals surface area contributed by atoms with Crippen molar-refractivity contribution in [1.82, 2.24) is 9.97 Å². The Hall–Kier alpha value is -1.32. The van der Waals surface area contributed by atoms with Crippen molar-refractivity contribution in [3.63, 3.8) is 0 Å². The number of hydrogen-bond donors (Lipinski definition) is 2. The molecule has 0 saturated heterocycles. The predicted octanol–water partition coefficient (Wildman–Crippen LogP) is 2.90. The smallest absolute Gasteiger partial charge is 0.224 e. The summed E-state index contributed by atoms with van der Waals surface area (Å²) in [7, 11) is 1.84. The monoisotopic (exact) mass is 234 g/mol. The molecule has 0 aromatic carbocycles. The van der Waals surface area contributed by atoms with Gasteiger partial charge in [0.15, 0.2) is 0 Å². The molecule has 1 saturated carbocycles. The Balaban J connectivity index is 1.94. The lowest BCUT2D eigenvalue weighted by atomic mass is 9.84. The van der Waals surface area contributed by atoms with Gasteiger partial charge in [0.25, 0.3) is 0 Å². The average molecular weight is 234 g/mol. The van der Waals surface area contributed by atoms with Crippen molar-refractivity contribution < 1.29 is 0 Å². The molecule has 1 heterocycles. The highest BCUT2D eigenvalue weighted by molar-refractivity contribution is 5.39. The minimum Gasteiger partial charge on any atom is -0.367 e. The van der Waals surface area contributed by atoms with Crippen LogP contribution >= 0.6 is 0 Å². The molecule has 94 valence electrons. The first-order chi connectivity index (χ1) is 8.29. The van der Waals surface area contributed by atoms with Gasteiger partial charge in [0.1, 0.15) is 5.82 Å². The molecule has 0 aliphatic heterocycles. The summed E-state index contributed by atoms with van der Waals surface area (Å²) in [4.78, 5) is 8.51. The number of anilines is 2. The Labute approximate surface area is 103 Å². The van der Waals surface area contributed by atoms with Crippen LogP contribution in [0.3, 0.4) is 0 Å². The highest BCUT2D eigenvalue weighted by Gasteiger charge is 2.20. The first-order valence-electron chi connectivity index (χ1n) is 6.57. The fourth-order valence-electron chi connectivity index (χ4n) is 2.54. The van der Waals surface area contributed by atoms with Crippen molar-refractivity contribution in [2.45, 2.75) is 45.1 Å². The summed E-state index contributed by atoms with van der Waals surface area (Å²) in [6, 6.07) is 2.43. The second-order valence-electron chi connectivity index (χ2n) is 4.85. The number of hydrogen-bond acceptors (Lipinski definition) is 4. The maximum atomic E-state index is 4.39. The standard InChI is InChI=1S/C13H22N4/c1-10(11-6-4-3-5-7-11)16-12-8-9-15-13(14-2)17-12/h8-11H,3-7H2,1-2H3,(H2,14,15,16,17). The molecule has 0 radical (unpaired) electrons. The summed E-state index contributed by atoms with van der Waals surface area (Å²) in [6.45, 7) is 2.26. The van der Waals surface area contributed by atoms with Gasteiger partial charge in [-0.2, -0.15) is 4.98 Å². The van der Waals surface area contributed by atoms with Gasteiger partial charge in [-0.05, 0) is 31.7 Å². The van der Waals surface area contributed by atoms with E-state index < -0.39 is 0 Å². The third kappa shape index (κ3) is 3.32. The minimum absolute atomic E-state index is 0.495. The van der Waals surface area contributed by atoms with E-state index in [0.29, 0.717) is 12.0 Å². The third-order valence-electron chi connectivity index (χ3n) is 3.61. The molecule has 1 aromatic heterocycles. The molecule has 17 heavy (non-hydrogen) atoms. The van der Waals surface area contributed by atoms with Gasteiger partial charge in [0.05, 0.1) is 0 Å². The molecule has 1 atom stereocenters. The van der Waals surface area contributed by atoms with Gasteiger partial charge < -0.3 is 10.6 Å². The minimum atomic E-state index is 0.495. The lowest BCUT2D eigenvalue weighted by Crippen LogP contribution is -2.28. The maximum absolute atomic E-state index is 4.39. The van der Waals surface area contributed by atoms with Gasteiger partial charge in [0, 0.05) is 19.3 Å². The topological polar surface area (TPSA) is 49.8 Å². The van der Waals surface area contributed by atoms with E-state index in [4.69, 9.17) is 0 Å². The van der Waals surface area contributed by atoms with E-state index in [1.165, 1.54) is 32.1 Å². The molecule has 2 rings (SSSR count). The highest BCUT2D eigenvalue weighted by atomic mass is 15.1. The predicted molar refractivity (Wildman–Crippen MR) is 71.2 cm³/mol. The van der Waals surface area contributed by atoms with Crippen LogP contribution in [0, 0.1) is 5.92 Å². The van der Waals surface area contributed by atoms with Crippen molar-refractivity contribution in [2.75, 3.05) is 17.7 Å². The van der Waals surface area contributed by atoms with Gasteiger partial charge in [-0.1, -0.05) is 19.3 Å². The molecular weight excluding hydrogens is 212 g/mol. The SMILES string of the molecule is CNc1nccc(NC(C)C2CCCCC2)n1. The molecule has 0 amide bonds. The molecule has 1 aromatic rings. The largest absolute Gasteiger partial charge is 0.367 e. The normalized spacial score (nSPS) is 18.7. The van der Waals surface area contributed by atoms with Crippen LogP contribution in [0.15, 0.2) is 12.3 Å². The van der Waals surface area contributed by atoms with Crippen LogP contribution < -0.4 is 10.6 Å². The van der Waals surface area contributed by atoms with E-state index >= 15 is 0 Å². The molecule has 1 aliphatic rings. The van der Waals surface area contributed by atoms with E-state index in [1.54, 1.807) is 6.20 Å². The van der Waals surface area contributed by atoms with Crippen LogP contribution in [-0.4, -0.2) is 23.1 Å². The molecule has 4 heteroatoms. The van der Waals surface area contributed by atoms with Gasteiger partial charge in [-0.3, -0.25) is 0 Å². The Morgan fingerprint density at radius 1 is 1.29 bits per heavy atom. The molecule has 1 aliphatic carbocycles. The summed E-state index contributed by atoms with van der Waals surface area (Å²) in [6.07, 6.45) is 8.64. The van der Waals surface area contributed by atoms with Gasteiger partial charge in [-0.15, -0.1) is 0 Å². The molecular formula is C13H22N4. The quantitative estimate of drug-likeness (QED) is 0.841. The van der Waals surface area contributed by atoms with E-state index in [2.05, 4.69) is 27.5 Å². The first-order valence-corrected chi connectivity index (χ1v) is 6.57. The van der Waals surface area contributed by atoms with E-state index in [0.717, 1.165) is 11.7 Å². The van der Waals surface area contributed by atoms with Crippen LogP contribution in [0.5, 0.6) is 0 Å². The second-order valence-corrected chi connectivity index (χ2v) is 4.85. The van der Waals surface area contributed by atoms with Crippen LogP contribution in [-0.2, 0) is 0 Å². The Kier molecular flexibility index (Phi) is 4.18. The third-order valence-corrected chi connectivity index (χ3v) is 3.61. The second kappa shape index (κ2) is 5.84. The van der Waals surface area contributed by atoms with Crippen molar-refractivity contribution in [1.29, 1.82) is 0 Å². The Bertz CT molecular complexity index is 347. The zero-order valence-electron chi connectivity index (χ0n) is 10.7. The number of nitrogens with one attached hydrogen (secondary N) is 2. The molecule has 0 bridgehead atoms. The summed E-state index contributed by atoms with van der Waals surface area (Å²) >= 11 is 0. The zero-order valence-corrected chi connectivity index (χ0v) is 10.7. The van der Waals surface area contributed by atoms with Crippen molar-refractivity contribution in [3.8, 4) is 0 Å². The summed E-state index contributed by atoms with van der Waals surface area (Å²) in [5, 5.41) is 6.45. The van der Waals surface area contributed by atoms with E-state index in [9.17, 15) is 0 Å². The molecule has 4 nitrogen and oxygen atoms in total.